The molecule has 0 aliphatic carbocycles. The van der Waals surface area contributed by atoms with Crippen LogP contribution in [0.1, 0.15) is 69.1 Å². The van der Waals surface area contributed by atoms with Crippen molar-refractivity contribution in [3.05, 3.63) is 82.3 Å². The van der Waals surface area contributed by atoms with Crippen molar-refractivity contribution < 1.29 is 14.0 Å². The summed E-state index contributed by atoms with van der Waals surface area (Å²) in [5.74, 6) is 2.10. The van der Waals surface area contributed by atoms with Gasteiger partial charge in [0.15, 0.2) is 0 Å². The van der Waals surface area contributed by atoms with Gasteiger partial charge >= 0.3 is 0 Å². The lowest BCUT2D eigenvalue weighted by Gasteiger charge is -2.27. The Bertz CT molecular complexity index is 1130. The van der Waals surface area contributed by atoms with Crippen molar-refractivity contribution in [1.29, 1.82) is 0 Å². The Hall–Kier alpha value is -3.32. The molecule has 0 spiro atoms. The van der Waals surface area contributed by atoms with E-state index in [0.29, 0.717) is 29.3 Å². The molecular weight excluding hydrogens is 392 g/mol. The highest BCUT2D eigenvalue weighted by atomic mass is 16.3. The van der Waals surface area contributed by atoms with Gasteiger partial charge in [-0.2, -0.15) is 0 Å². The molecule has 2 aliphatic heterocycles. The summed E-state index contributed by atoms with van der Waals surface area (Å²) in [5, 5.41) is 0. The van der Waals surface area contributed by atoms with E-state index in [-0.39, 0.29) is 18.4 Å². The van der Waals surface area contributed by atoms with Gasteiger partial charge in [0.1, 0.15) is 17.3 Å². The van der Waals surface area contributed by atoms with E-state index in [0.717, 1.165) is 42.4 Å². The van der Waals surface area contributed by atoms with Gasteiger partial charge in [-0.3, -0.25) is 19.4 Å². The van der Waals surface area contributed by atoms with Gasteiger partial charge in [0.2, 0.25) is 0 Å². The maximum atomic E-state index is 12.6. The first-order valence-electron chi connectivity index (χ1n) is 10.6. The van der Waals surface area contributed by atoms with Gasteiger partial charge in [-0.25, -0.2) is 9.97 Å². The van der Waals surface area contributed by atoms with E-state index >= 15 is 0 Å². The molecule has 4 heterocycles. The Kier molecular flexibility index (Phi) is 4.90. The van der Waals surface area contributed by atoms with Crippen LogP contribution in [0.5, 0.6) is 0 Å². The van der Waals surface area contributed by atoms with Crippen molar-refractivity contribution in [2.24, 2.45) is 0 Å². The average Bonchev–Trinajstić information content (AvgIpc) is 3.31. The van der Waals surface area contributed by atoms with Gasteiger partial charge < -0.3 is 4.42 Å². The number of fused-ring (bicyclic) bond motifs is 2. The first kappa shape index (κ1) is 19.6. The lowest BCUT2D eigenvalue weighted by molar-refractivity contribution is 0.0630. The summed E-state index contributed by atoms with van der Waals surface area (Å²) < 4.78 is 5.96. The number of benzene rings is 1. The molecule has 2 aromatic heterocycles. The molecule has 2 amide bonds. The van der Waals surface area contributed by atoms with Crippen LogP contribution < -0.4 is 0 Å². The summed E-state index contributed by atoms with van der Waals surface area (Å²) in [7, 11) is 0. The zero-order valence-corrected chi connectivity index (χ0v) is 17.7. The Morgan fingerprint density at radius 3 is 2.35 bits per heavy atom. The van der Waals surface area contributed by atoms with Crippen molar-refractivity contribution in [2.45, 2.75) is 45.8 Å². The van der Waals surface area contributed by atoms with Crippen LogP contribution in [0, 0.1) is 0 Å². The zero-order chi connectivity index (χ0) is 21.5. The predicted octanol–water partition coefficient (Wildman–Crippen LogP) is 3.55. The van der Waals surface area contributed by atoms with Crippen LogP contribution >= 0.6 is 0 Å². The van der Waals surface area contributed by atoms with E-state index in [2.05, 4.69) is 23.7 Å². The summed E-state index contributed by atoms with van der Waals surface area (Å²) in [4.78, 5) is 37.9. The van der Waals surface area contributed by atoms with Gasteiger partial charge in [-0.1, -0.05) is 26.0 Å². The summed E-state index contributed by atoms with van der Waals surface area (Å²) >= 11 is 0. The maximum absolute atomic E-state index is 12.6. The molecule has 0 atom stereocenters. The minimum Gasteiger partial charge on any atom is -0.463 e. The van der Waals surface area contributed by atoms with E-state index in [1.165, 1.54) is 4.90 Å². The molecule has 158 valence electrons. The number of hydrogen-bond donors (Lipinski definition) is 0. The van der Waals surface area contributed by atoms with Crippen LogP contribution in [-0.2, 0) is 26.1 Å². The molecule has 0 bridgehead atoms. The van der Waals surface area contributed by atoms with Gasteiger partial charge in [-0.15, -0.1) is 0 Å². The lowest BCUT2D eigenvalue weighted by atomic mass is 10.1. The van der Waals surface area contributed by atoms with Crippen LogP contribution in [-0.4, -0.2) is 38.1 Å². The molecule has 7 heteroatoms. The second-order valence-electron chi connectivity index (χ2n) is 8.43. The molecule has 3 aromatic rings. The maximum Gasteiger partial charge on any atom is 0.261 e. The number of aromatic nitrogens is 2. The largest absolute Gasteiger partial charge is 0.463 e. The Labute approximate surface area is 180 Å². The SMILES string of the molecule is CC(C)c1ncc2c(n1)CCN(Cc1ccc(CN3C(=O)c4ccccc4C3=O)o1)C2. The minimum atomic E-state index is -0.271. The van der Waals surface area contributed by atoms with Crippen LogP contribution in [0.4, 0.5) is 0 Å². The first-order valence-corrected chi connectivity index (χ1v) is 10.6. The van der Waals surface area contributed by atoms with Crippen molar-refractivity contribution in [3.8, 4) is 0 Å². The van der Waals surface area contributed by atoms with E-state index < -0.39 is 0 Å². The Morgan fingerprint density at radius 1 is 1.00 bits per heavy atom. The van der Waals surface area contributed by atoms with E-state index in [4.69, 9.17) is 9.40 Å². The summed E-state index contributed by atoms with van der Waals surface area (Å²) in [6.07, 6.45) is 2.83. The minimum absolute atomic E-state index is 0.140. The Balaban J connectivity index is 1.24. The molecule has 5 rings (SSSR count). The number of amides is 2. The number of hydrogen-bond acceptors (Lipinski definition) is 6. The molecule has 0 N–H and O–H groups in total. The number of carbonyl (C=O) groups excluding carboxylic acids is 2. The third-order valence-electron chi connectivity index (χ3n) is 5.84. The smallest absolute Gasteiger partial charge is 0.261 e. The monoisotopic (exact) mass is 416 g/mol. The second kappa shape index (κ2) is 7.74. The third-order valence-corrected chi connectivity index (χ3v) is 5.84. The molecule has 2 aliphatic rings. The highest BCUT2D eigenvalue weighted by molar-refractivity contribution is 6.21. The Morgan fingerprint density at radius 2 is 1.68 bits per heavy atom. The lowest BCUT2D eigenvalue weighted by Crippen LogP contribution is -2.31. The van der Waals surface area contributed by atoms with E-state index in [9.17, 15) is 9.59 Å². The number of rotatable bonds is 5. The molecule has 0 fully saturated rings. The van der Waals surface area contributed by atoms with Gasteiger partial charge in [-0.05, 0) is 24.3 Å². The zero-order valence-electron chi connectivity index (χ0n) is 17.7. The summed E-state index contributed by atoms with van der Waals surface area (Å²) in [6, 6.07) is 10.7. The molecule has 0 saturated heterocycles. The average molecular weight is 416 g/mol. The molecule has 7 nitrogen and oxygen atoms in total. The first-order chi connectivity index (χ1) is 15.0. The van der Waals surface area contributed by atoms with Crippen molar-refractivity contribution in [3.63, 3.8) is 0 Å². The number of furan rings is 1. The number of nitrogens with zero attached hydrogens (tertiary/aromatic N) is 4. The summed E-state index contributed by atoms with van der Waals surface area (Å²) in [5.41, 5.74) is 3.21. The van der Waals surface area contributed by atoms with Gasteiger partial charge in [0.25, 0.3) is 11.8 Å². The van der Waals surface area contributed by atoms with E-state index in [1.54, 1.807) is 24.3 Å². The molecule has 31 heavy (non-hydrogen) atoms. The van der Waals surface area contributed by atoms with Crippen molar-refractivity contribution >= 4 is 11.8 Å². The van der Waals surface area contributed by atoms with Crippen LogP contribution in [0.15, 0.2) is 47.0 Å². The highest BCUT2D eigenvalue weighted by Crippen LogP contribution is 2.26. The molecule has 0 unspecified atom stereocenters. The second-order valence-corrected chi connectivity index (χ2v) is 8.43. The third kappa shape index (κ3) is 3.65. The molecule has 0 radical (unpaired) electrons. The molecular formula is C24H24N4O3. The van der Waals surface area contributed by atoms with Gasteiger partial charge in [0.05, 0.1) is 24.2 Å². The van der Waals surface area contributed by atoms with Crippen LogP contribution in [0.25, 0.3) is 0 Å². The predicted molar refractivity (Wildman–Crippen MR) is 113 cm³/mol. The highest BCUT2D eigenvalue weighted by Gasteiger charge is 2.35. The topological polar surface area (TPSA) is 79.5 Å². The van der Waals surface area contributed by atoms with Crippen LogP contribution in [0.2, 0.25) is 0 Å². The summed E-state index contributed by atoms with van der Waals surface area (Å²) in [6.45, 7) is 6.69. The van der Waals surface area contributed by atoms with Gasteiger partial charge in [0, 0.05) is 42.9 Å². The standard InChI is InChI=1S/C24H24N4O3/c1-15(2)22-25-11-16-12-27(10-9-21(16)26-22)13-17-7-8-18(31-17)14-28-23(29)19-5-3-4-6-20(19)24(28)30/h3-8,11,15H,9-10,12-14H2,1-2H3. The van der Waals surface area contributed by atoms with Crippen molar-refractivity contribution in [1.82, 2.24) is 19.8 Å². The molecule has 1 aromatic carbocycles. The number of imide groups is 1. The molecule has 0 saturated carbocycles. The fraction of sp³-hybridized carbons (Fsp3) is 0.333. The quantitative estimate of drug-likeness (QED) is 0.592. The number of carbonyl (C=O) groups is 2. The van der Waals surface area contributed by atoms with E-state index in [1.807, 2.05) is 18.3 Å². The van der Waals surface area contributed by atoms with Crippen molar-refractivity contribution in [2.75, 3.05) is 6.54 Å². The fourth-order valence-electron chi connectivity index (χ4n) is 4.15. The fourth-order valence-corrected chi connectivity index (χ4v) is 4.15. The normalized spacial score (nSPS) is 16.2. The van der Waals surface area contributed by atoms with Crippen LogP contribution in [0.3, 0.4) is 0 Å².